The molecule has 0 aliphatic heterocycles. The van der Waals surface area contributed by atoms with Gasteiger partial charge in [-0.2, -0.15) is 0 Å². The molecule has 0 bridgehead atoms. The third-order valence-corrected chi connectivity index (χ3v) is 2.89. The first-order chi connectivity index (χ1) is 9.36. The first-order valence-electron chi connectivity index (χ1n) is 7.30. The van der Waals surface area contributed by atoms with Gasteiger partial charge in [0.05, 0.1) is 19.8 Å². The average molecular weight is 265 g/mol. The normalized spacial score (nSPS) is 10.8. The zero-order valence-electron chi connectivity index (χ0n) is 12.3. The molecule has 1 N–H and O–H groups in total. The van der Waals surface area contributed by atoms with Crippen molar-refractivity contribution in [3.8, 4) is 0 Å². The van der Waals surface area contributed by atoms with Crippen molar-refractivity contribution in [3.05, 3.63) is 35.4 Å². The second-order valence-corrected chi connectivity index (χ2v) is 4.57. The molecule has 0 amide bonds. The van der Waals surface area contributed by atoms with Gasteiger partial charge in [-0.25, -0.2) is 0 Å². The van der Waals surface area contributed by atoms with Gasteiger partial charge < -0.3 is 14.8 Å². The highest BCUT2D eigenvalue weighted by Gasteiger charge is 1.96. The monoisotopic (exact) mass is 265 g/mol. The topological polar surface area (TPSA) is 30.5 Å². The molecule has 108 valence electrons. The Hall–Kier alpha value is -0.900. The van der Waals surface area contributed by atoms with Gasteiger partial charge in [0.15, 0.2) is 0 Å². The first-order valence-corrected chi connectivity index (χ1v) is 7.30. The Balaban J connectivity index is 2.16. The van der Waals surface area contributed by atoms with Gasteiger partial charge in [0.25, 0.3) is 0 Å². The fourth-order valence-corrected chi connectivity index (χ4v) is 1.79. The van der Waals surface area contributed by atoms with E-state index >= 15 is 0 Å². The van der Waals surface area contributed by atoms with Crippen molar-refractivity contribution in [2.24, 2.45) is 0 Å². The van der Waals surface area contributed by atoms with Crippen LogP contribution < -0.4 is 5.32 Å². The van der Waals surface area contributed by atoms with E-state index < -0.39 is 0 Å². The van der Waals surface area contributed by atoms with E-state index in [1.54, 1.807) is 0 Å². The third-order valence-electron chi connectivity index (χ3n) is 2.89. The molecule has 0 saturated carbocycles. The maximum absolute atomic E-state index is 5.54. The van der Waals surface area contributed by atoms with Crippen molar-refractivity contribution in [1.82, 2.24) is 5.32 Å². The molecule has 19 heavy (non-hydrogen) atoms. The average Bonchev–Trinajstić information content (AvgIpc) is 2.45. The Kier molecular flexibility index (Phi) is 9.33. The second-order valence-electron chi connectivity index (χ2n) is 4.57. The standard InChI is InChI=1S/C16H27NO2/c1-3-10-17-11-9-15-5-7-16(8-6-15)14-19-13-12-18-4-2/h5-8,17H,3-4,9-14H2,1-2H3. The van der Waals surface area contributed by atoms with Crippen molar-refractivity contribution in [1.29, 1.82) is 0 Å². The van der Waals surface area contributed by atoms with E-state index in [0.717, 1.165) is 26.1 Å². The van der Waals surface area contributed by atoms with Gasteiger partial charge in [0.1, 0.15) is 0 Å². The van der Waals surface area contributed by atoms with Crippen LogP contribution in [0.15, 0.2) is 24.3 Å². The van der Waals surface area contributed by atoms with Crippen LogP contribution >= 0.6 is 0 Å². The molecule has 0 aromatic heterocycles. The van der Waals surface area contributed by atoms with Crippen LogP contribution in [0.5, 0.6) is 0 Å². The fraction of sp³-hybridized carbons (Fsp3) is 0.625. The minimum absolute atomic E-state index is 0.663. The largest absolute Gasteiger partial charge is 0.379 e. The van der Waals surface area contributed by atoms with Crippen LogP contribution in [-0.4, -0.2) is 32.9 Å². The summed E-state index contributed by atoms with van der Waals surface area (Å²) in [7, 11) is 0. The van der Waals surface area contributed by atoms with Gasteiger partial charge in [-0.1, -0.05) is 31.2 Å². The Morgan fingerprint density at radius 1 is 0.895 bits per heavy atom. The Morgan fingerprint density at radius 3 is 2.26 bits per heavy atom. The molecule has 0 saturated heterocycles. The molecule has 0 spiro atoms. The number of ether oxygens (including phenoxy) is 2. The van der Waals surface area contributed by atoms with Crippen molar-refractivity contribution in [2.45, 2.75) is 33.3 Å². The summed E-state index contributed by atoms with van der Waals surface area (Å²) in [4.78, 5) is 0. The minimum atomic E-state index is 0.663. The summed E-state index contributed by atoms with van der Waals surface area (Å²) in [5.41, 5.74) is 2.60. The molecule has 0 aliphatic rings. The number of hydrogen-bond acceptors (Lipinski definition) is 3. The summed E-state index contributed by atoms with van der Waals surface area (Å²) in [6.07, 6.45) is 2.28. The molecule has 0 radical (unpaired) electrons. The summed E-state index contributed by atoms with van der Waals surface area (Å²) in [6.45, 7) is 9.10. The maximum atomic E-state index is 5.54. The lowest BCUT2D eigenvalue weighted by molar-refractivity contribution is 0.0453. The van der Waals surface area contributed by atoms with E-state index in [2.05, 4.69) is 36.5 Å². The highest BCUT2D eigenvalue weighted by molar-refractivity contribution is 5.22. The zero-order valence-corrected chi connectivity index (χ0v) is 12.3. The van der Waals surface area contributed by atoms with Crippen LogP contribution in [0.4, 0.5) is 0 Å². The fourth-order valence-electron chi connectivity index (χ4n) is 1.79. The second kappa shape index (κ2) is 11.0. The smallest absolute Gasteiger partial charge is 0.0718 e. The molecular formula is C16H27NO2. The van der Waals surface area contributed by atoms with Gasteiger partial charge >= 0.3 is 0 Å². The number of hydrogen-bond donors (Lipinski definition) is 1. The molecule has 1 aromatic rings. The van der Waals surface area contributed by atoms with Crippen LogP contribution in [0.2, 0.25) is 0 Å². The van der Waals surface area contributed by atoms with Gasteiger partial charge in [-0.05, 0) is 44.0 Å². The van der Waals surface area contributed by atoms with E-state index in [0.29, 0.717) is 19.8 Å². The molecule has 0 atom stereocenters. The highest BCUT2D eigenvalue weighted by atomic mass is 16.5. The van der Waals surface area contributed by atoms with Crippen LogP contribution in [-0.2, 0) is 22.5 Å². The molecular weight excluding hydrogens is 238 g/mol. The molecule has 1 rings (SSSR count). The maximum Gasteiger partial charge on any atom is 0.0718 e. The lowest BCUT2D eigenvalue weighted by Crippen LogP contribution is -2.17. The molecule has 3 nitrogen and oxygen atoms in total. The van der Waals surface area contributed by atoms with Gasteiger partial charge in [-0.15, -0.1) is 0 Å². The molecule has 0 fully saturated rings. The third kappa shape index (κ3) is 7.98. The van der Waals surface area contributed by atoms with Gasteiger partial charge in [0.2, 0.25) is 0 Å². The molecule has 3 heteroatoms. The molecule has 0 unspecified atom stereocenters. The van der Waals surface area contributed by atoms with Crippen molar-refractivity contribution in [2.75, 3.05) is 32.9 Å². The van der Waals surface area contributed by atoms with Crippen LogP contribution in [0.3, 0.4) is 0 Å². The van der Waals surface area contributed by atoms with Crippen LogP contribution in [0, 0.1) is 0 Å². The van der Waals surface area contributed by atoms with Gasteiger partial charge in [0, 0.05) is 6.61 Å². The predicted octanol–water partition coefficient (Wildman–Crippen LogP) is 2.78. The molecule has 1 aromatic carbocycles. The number of rotatable bonds is 11. The number of nitrogens with one attached hydrogen (secondary N) is 1. The summed E-state index contributed by atoms with van der Waals surface area (Å²) < 4.78 is 10.8. The minimum Gasteiger partial charge on any atom is -0.379 e. The van der Waals surface area contributed by atoms with Gasteiger partial charge in [-0.3, -0.25) is 0 Å². The van der Waals surface area contributed by atoms with Crippen molar-refractivity contribution >= 4 is 0 Å². The SMILES string of the molecule is CCCNCCc1ccc(COCCOCC)cc1. The Morgan fingerprint density at radius 2 is 1.58 bits per heavy atom. The zero-order chi connectivity index (χ0) is 13.8. The molecule has 0 aliphatic carbocycles. The summed E-state index contributed by atoms with van der Waals surface area (Å²) >= 11 is 0. The summed E-state index contributed by atoms with van der Waals surface area (Å²) in [6, 6.07) is 8.68. The molecule has 0 heterocycles. The Bertz CT molecular complexity index is 311. The van der Waals surface area contributed by atoms with E-state index in [9.17, 15) is 0 Å². The van der Waals surface area contributed by atoms with Crippen LogP contribution in [0.1, 0.15) is 31.4 Å². The van der Waals surface area contributed by atoms with E-state index in [1.807, 2.05) is 6.92 Å². The Labute approximate surface area is 117 Å². The lowest BCUT2D eigenvalue weighted by atomic mass is 10.1. The van der Waals surface area contributed by atoms with E-state index in [4.69, 9.17) is 9.47 Å². The highest BCUT2D eigenvalue weighted by Crippen LogP contribution is 2.06. The predicted molar refractivity (Wildman–Crippen MR) is 79.5 cm³/mol. The number of benzene rings is 1. The summed E-state index contributed by atoms with van der Waals surface area (Å²) in [5.74, 6) is 0. The lowest BCUT2D eigenvalue weighted by Gasteiger charge is -2.06. The summed E-state index contributed by atoms with van der Waals surface area (Å²) in [5, 5.41) is 3.41. The first kappa shape index (κ1) is 16.2. The van der Waals surface area contributed by atoms with Crippen molar-refractivity contribution in [3.63, 3.8) is 0 Å². The van der Waals surface area contributed by atoms with E-state index in [1.165, 1.54) is 17.5 Å². The van der Waals surface area contributed by atoms with Crippen LogP contribution in [0.25, 0.3) is 0 Å². The van der Waals surface area contributed by atoms with Crippen molar-refractivity contribution < 1.29 is 9.47 Å². The van der Waals surface area contributed by atoms with E-state index in [-0.39, 0.29) is 0 Å². The quantitative estimate of drug-likeness (QED) is 0.624.